The molecular weight excluding hydrogens is 414 g/mol. The Bertz CT molecular complexity index is 843. The highest BCUT2D eigenvalue weighted by Crippen LogP contribution is 2.24. The fraction of sp³-hybridized carbons (Fsp3) is 0.474. The number of hydrogen-bond donors (Lipinski definition) is 2. The van der Waals surface area contributed by atoms with E-state index >= 15 is 0 Å². The highest BCUT2D eigenvalue weighted by molar-refractivity contribution is 7.13. The first-order valence-corrected chi connectivity index (χ1v) is 10.6. The van der Waals surface area contributed by atoms with Crippen LogP contribution < -0.4 is 15.4 Å². The number of esters is 1. The van der Waals surface area contributed by atoms with E-state index in [1.807, 2.05) is 13.8 Å². The molecule has 0 aliphatic carbocycles. The number of nitrogens with one attached hydrogen (secondary N) is 2. The molecule has 10 heteroatoms. The maximum absolute atomic E-state index is 12.0. The minimum absolute atomic E-state index is 0.133. The number of guanidine groups is 1. The number of nitrogens with zero attached hydrogens (tertiary/aromatic N) is 3. The van der Waals surface area contributed by atoms with Gasteiger partial charge in [-0.05, 0) is 39.8 Å². The molecule has 0 saturated carbocycles. The molecule has 1 atom stereocenters. The highest BCUT2D eigenvalue weighted by Gasteiger charge is 2.20. The minimum atomic E-state index is -0.341. The molecule has 1 unspecified atom stereocenters. The van der Waals surface area contributed by atoms with E-state index in [9.17, 15) is 4.79 Å². The number of aliphatic imine (C=N–C) groups is 1. The van der Waals surface area contributed by atoms with Gasteiger partial charge in [-0.1, -0.05) is 11.6 Å². The SMILES string of the molecule is CCNC(=NCCOc1ncccc1Cl)NC(C)c1nc(C)c(C(=O)OCC)s1. The molecule has 2 aromatic heterocycles. The van der Waals surface area contributed by atoms with Crippen molar-refractivity contribution in [2.45, 2.75) is 33.7 Å². The Morgan fingerprint density at radius 3 is 2.90 bits per heavy atom. The van der Waals surface area contributed by atoms with Gasteiger partial charge in [0.05, 0.1) is 24.9 Å². The first kappa shape index (κ1) is 22.9. The third kappa shape index (κ3) is 6.86. The largest absolute Gasteiger partial charge is 0.475 e. The van der Waals surface area contributed by atoms with Crippen molar-refractivity contribution in [2.24, 2.45) is 4.99 Å². The Balaban J connectivity index is 1.96. The van der Waals surface area contributed by atoms with Crippen LogP contribution in [0.2, 0.25) is 5.02 Å². The molecule has 29 heavy (non-hydrogen) atoms. The Kier molecular flexibility index (Phi) is 9.14. The van der Waals surface area contributed by atoms with Crippen molar-refractivity contribution in [1.29, 1.82) is 0 Å². The summed E-state index contributed by atoms with van der Waals surface area (Å²) in [6.45, 7) is 9.33. The zero-order valence-electron chi connectivity index (χ0n) is 17.0. The number of ether oxygens (including phenoxy) is 2. The molecule has 0 fully saturated rings. The molecular formula is C19H26ClN5O3S. The van der Waals surface area contributed by atoms with E-state index in [-0.39, 0.29) is 12.0 Å². The summed E-state index contributed by atoms with van der Waals surface area (Å²) in [4.78, 5) is 25.6. The Morgan fingerprint density at radius 2 is 2.21 bits per heavy atom. The maximum Gasteiger partial charge on any atom is 0.350 e. The lowest BCUT2D eigenvalue weighted by atomic mass is 10.3. The second-order valence-electron chi connectivity index (χ2n) is 5.95. The summed E-state index contributed by atoms with van der Waals surface area (Å²) in [5.41, 5.74) is 0.666. The topological polar surface area (TPSA) is 97.7 Å². The summed E-state index contributed by atoms with van der Waals surface area (Å²) < 4.78 is 10.6. The number of carbonyl (C=O) groups excluding carboxylic acids is 1. The molecule has 2 rings (SSSR count). The number of thiazole rings is 1. The molecule has 0 aliphatic heterocycles. The van der Waals surface area contributed by atoms with Gasteiger partial charge in [0.15, 0.2) is 5.96 Å². The molecule has 8 nitrogen and oxygen atoms in total. The fourth-order valence-electron chi connectivity index (χ4n) is 2.35. The van der Waals surface area contributed by atoms with E-state index in [0.29, 0.717) is 53.7 Å². The molecule has 0 aliphatic rings. The van der Waals surface area contributed by atoms with E-state index in [1.54, 1.807) is 32.2 Å². The van der Waals surface area contributed by atoms with Gasteiger partial charge in [0.1, 0.15) is 21.5 Å². The molecule has 0 bridgehead atoms. The Labute approximate surface area is 179 Å². The van der Waals surface area contributed by atoms with E-state index in [0.717, 1.165) is 5.01 Å². The molecule has 0 amide bonds. The van der Waals surface area contributed by atoms with Gasteiger partial charge in [-0.25, -0.2) is 19.8 Å². The summed E-state index contributed by atoms with van der Waals surface area (Å²) >= 11 is 7.35. The zero-order valence-corrected chi connectivity index (χ0v) is 18.6. The molecule has 0 saturated heterocycles. The first-order chi connectivity index (χ1) is 14.0. The van der Waals surface area contributed by atoms with Crippen LogP contribution in [-0.4, -0.2) is 48.2 Å². The van der Waals surface area contributed by atoms with E-state index < -0.39 is 0 Å². The number of pyridine rings is 1. The van der Waals surface area contributed by atoms with Crippen molar-refractivity contribution in [3.8, 4) is 5.88 Å². The van der Waals surface area contributed by atoms with E-state index in [2.05, 4.69) is 25.6 Å². The van der Waals surface area contributed by atoms with Crippen molar-refractivity contribution >= 4 is 34.9 Å². The van der Waals surface area contributed by atoms with Gasteiger partial charge in [-0.2, -0.15) is 0 Å². The first-order valence-electron chi connectivity index (χ1n) is 9.38. The van der Waals surface area contributed by atoms with Crippen LogP contribution in [0.1, 0.15) is 47.2 Å². The second-order valence-corrected chi connectivity index (χ2v) is 7.39. The lowest BCUT2D eigenvalue weighted by molar-refractivity contribution is 0.0531. The minimum Gasteiger partial charge on any atom is -0.475 e. The number of aryl methyl sites for hydroxylation is 1. The van der Waals surface area contributed by atoms with Crippen LogP contribution in [-0.2, 0) is 4.74 Å². The molecule has 0 spiro atoms. The van der Waals surface area contributed by atoms with Crippen molar-refractivity contribution in [3.05, 3.63) is 38.9 Å². The smallest absolute Gasteiger partial charge is 0.350 e. The third-order valence-corrected chi connectivity index (χ3v) is 5.27. The van der Waals surface area contributed by atoms with E-state index in [1.165, 1.54) is 11.3 Å². The average molecular weight is 440 g/mol. The summed E-state index contributed by atoms with van der Waals surface area (Å²) in [5.74, 6) is 0.675. The van der Waals surface area contributed by atoms with Crippen LogP contribution in [0.25, 0.3) is 0 Å². The van der Waals surface area contributed by atoms with Crippen LogP contribution in [0.4, 0.5) is 0 Å². The number of hydrogen-bond acceptors (Lipinski definition) is 7. The highest BCUT2D eigenvalue weighted by atomic mass is 35.5. The molecule has 0 radical (unpaired) electrons. The number of rotatable bonds is 9. The molecule has 2 aromatic rings. The fourth-order valence-corrected chi connectivity index (χ4v) is 3.49. The molecule has 2 heterocycles. The van der Waals surface area contributed by atoms with Crippen LogP contribution in [0.15, 0.2) is 23.3 Å². The Morgan fingerprint density at radius 1 is 1.41 bits per heavy atom. The van der Waals surface area contributed by atoms with Gasteiger partial charge in [0, 0.05) is 12.7 Å². The summed E-state index contributed by atoms with van der Waals surface area (Å²) in [6.07, 6.45) is 1.62. The standard InChI is InChI=1S/C19H26ClN5O3S/c1-5-21-19(23-10-11-28-16-14(20)8-7-9-22-16)25-13(4)17-24-12(3)15(29-17)18(26)27-6-2/h7-9,13H,5-6,10-11H2,1-4H3,(H2,21,23,25). The quantitative estimate of drug-likeness (QED) is 0.267. The van der Waals surface area contributed by atoms with Crippen molar-refractivity contribution < 1.29 is 14.3 Å². The number of aromatic nitrogens is 2. The third-order valence-electron chi connectivity index (χ3n) is 3.67. The predicted octanol–water partition coefficient (Wildman–Crippen LogP) is 3.37. The van der Waals surface area contributed by atoms with Crippen LogP contribution in [0.5, 0.6) is 5.88 Å². The van der Waals surface area contributed by atoms with Gasteiger partial charge in [-0.3, -0.25) is 0 Å². The second kappa shape index (κ2) is 11.6. The zero-order chi connectivity index (χ0) is 21.2. The van der Waals surface area contributed by atoms with Gasteiger partial charge >= 0.3 is 5.97 Å². The maximum atomic E-state index is 12.0. The molecule has 2 N–H and O–H groups in total. The summed E-state index contributed by atoms with van der Waals surface area (Å²) in [5, 5.41) is 7.73. The average Bonchev–Trinajstić information content (AvgIpc) is 3.08. The molecule has 0 aromatic carbocycles. The van der Waals surface area contributed by atoms with Gasteiger partial charge in [-0.15, -0.1) is 11.3 Å². The van der Waals surface area contributed by atoms with Crippen molar-refractivity contribution in [3.63, 3.8) is 0 Å². The monoisotopic (exact) mass is 439 g/mol. The summed E-state index contributed by atoms with van der Waals surface area (Å²) in [6, 6.07) is 3.34. The van der Waals surface area contributed by atoms with Crippen LogP contribution >= 0.6 is 22.9 Å². The number of carbonyl (C=O) groups is 1. The van der Waals surface area contributed by atoms with Crippen molar-refractivity contribution in [2.75, 3.05) is 26.3 Å². The van der Waals surface area contributed by atoms with Crippen molar-refractivity contribution in [1.82, 2.24) is 20.6 Å². The van der Waals surface area contributed by atoms with Crippen LogP contribution in [0.3, 0.4) is 0 Å². The molecule has 158 valence electrons. The Hall–Kier alpha value is -2.39. The van der Waals surface area contributed by atoms with E-state index in [4.69, 9.17) is 21.1 Å². The lowest BCUT2D eigenvalue weighted by Crippen LogP contribution is -2.39. The lowest BCUT2D eigenvalue weighted by Gasteiger charge is -2.16. The summed E-state index contributed by atoms with van der Waals surface area (Å²) in [7, 11) is 0. The van der Waals surface area contributed by atoms with Gasteiger partial charge in [0.25, 0.3) is 0 Å². The predicted molar refractivity (Wildman–Crippen MR) is 115 cm³/mol. The number of halogens is 1. The van der Waals surface area contributed by atoms with Gasteiger partial charge in [0.2, 0.25) is 5.88 Å². The normalized spacial score (nSPS) is 12.4. The van der Waals surface area contributed by atoms with Gasteiger partial charge < -0.3 is 20.1 Å². The van der Waals surface area contributed by atoms with Crippen LogP contribution in [0, 0.1) is 6.92 Å².